The molecular formula is C23H22N2O5. The summed E-state index contributed by atoms with van der Waals surface area (Å²) < 4.78 is 17.5. The Kier molecular flexibility index (Phi) is 5.52. The lowest BCUT2D eigenvalue weighted by atomic mass is 10.1. The molecule has 0 unspecified atom stereocenters. The maximum absolute atomic E-state index is 13.0. The number of esters is 2. The first kappa shape index (κ1) is 19.7. The summed E-state index contributed by atoms with van der Waals surface area (Å²) in [5.74, 6) is -0.476. The summed E-state index contributed by atoms with van der Waals surface area (Å²) in [7, 11) is 1.58. The topological polar surface area (TPSA) is 79.7 Å². The highest BCUT2D eigenvalue weighted by Gasteiger charge is 2.36. The molecule has 1 aliphatic heterocycles. The van der Waals surface area contributed by atoms with Crippen LogP contribution in [0.2, 0.25) is 0 Å². The summed E-state index contributed by atoms with van der Waals surface area (Å²) in [6, 6.07) is 17.1. The summed E-state index contributed by atoms with van der Waals surface area (Å²) >= 11 is 0. The number of carbonyl (C=O) groups excluding carboxylic acids is 2. The summed E-state index contributed by atoms with van der Waals surface area (Å²) in [5, 5.41) is 4.62. The van der Waals surface area contributed by atoms with Gasteiger partial charge in [0.1, 0.15) is 23.1 Å². The third-order valence-corrected chi connectivity index (χ3v) is 4.89. The van der Waals surface area contributed by atoms with Gasteiger partial charge in [-0.25, -0.2) is 9.59 Å². The van der Waals surface area contributed by atoms with E-state index in [9.17, 15) is 9.59 Å². The maximum Gasteiger partial charge on any atom is 0.347 e. The molecule has 2 aromatic carbocycles. The molecule has 3 aromatic rings. The van der Waals surface area contributed by atoms with Crippen LogP contribution in [0.3, 0.4) is 0 Å². The van der Waals surface area contributed by atoms with Crippen LogP contribution >= 0.6 is 0 Å². The van der Waals surface area contributed by atoms with Crippen LogP contribution in [0.15, 0.2) is 60.8 Å². The number of benzene rings is 2. The predicted octanol–water partition coefficient (Wildman–Crippen LogP) is 3.47. The number of nitrogens with zero attached hydrogens (tertiary/aromatic N) is 2. The molecule has 0 aliphatic carbocycles. The molecule has 0 amide bonds. The van der Waals surface area contributed by atoms with Gasteiger partial charge in [0.05, 0.1) is 13.7 Å². The fourth-order valence-corrected chi connectivity index (χ4v) is 3.41. The van der Waals surface area contributed by atoms with Crippen molar-refractivity contribution in [3.63, 3.8) is 0 Å². The van der Waals surface area contributed by atoms with Crippen LogP contribution in [-0.2, 0) is 20.8 Å². The standard InChI is InChI=1S/C23H22N2O5/c1-15-11-20(23(27)29-15)30-22(26)19-14-25(13-16-7-4-3-5-8-16)24-21(19)17-9-6-10-18(12-17)28-2/h3-10,12,14-15,20H,11,13H2,1-2H3/t15-,20+/m0/s1. The summed E-state index contributed by atoms with van der Waals surface area (Å²) in [4.78, 5) is 24.9. The van der Waals surface area contributed by atoms with Crippen LogP contribution in [0.4, 0.5) is 0 Å². The minimum Gasteiger partial charge on any atom is -0.497 e. The molecule has 0 radical (unpaired) electrons. The molecule has 1 saturated heterocycles. The molecular weight excluding hydrogens is 384 g/mol. The van der Waals surface area contributed by atoms with E-state index in [1.807, 2.05) is 48.5 Å². The second-order valence-electron chi connectivity index (χ2n) is 7.18. The van der Waals surface area contributed by atoms with Crippen molar-refractivity contribution in [1.82, 2.24) is 9.78 Å². The average molecular weight is 406 g/mol. The van der Waals surface area contributed by atoms with E-state index in [2.05, 4.69) is 5.10 Å². The molecule has 2 atom stereocenters. The van der Waals surface area contributed by atoms with Crippen LogP contribution in [0.1, 0.15) is 29.3 Å². The van der Waals surface area contributed by atoms with Gasteiger partial charge < -0.3 is 14.2 Å². The van der Waals surface area contributed by atoms with E-state index in [-0.39, 0.29) is 11.7 Å². The van der Waals surface area contributed by atoms with E-state index in [4.69, 9.17) is 14.2 Å². The molecule has 1 aliphatic rings. The normalized spacial score (nSPS) is 18.1. The van der Waals surface area contributed by atoms with E-state index < -0.39 is 18.0 Å². The largest absolute Gasteiger partial charge is 0.497 e. The van der Waals surface area contributed by atoms with Gasteiger partial charge in [0, 0.05) is 18.2 Å². The molecule has 1 fully saturated rings. The summed E-state index contributed by atoms with van der Waals surface area (Å²) in [5.41, 5.74) is 2.52. The highest BCUT2D eigenvalue weighted by Crippen LogP contribution is 2.28. The van der Waals surface area contributed by atoms with Crippen LogP contribution in [0.5, 0.6) is 5.75 Å². The molecule has 154 valence electrons. The Morgan fingerprint density at radius 1 is 1.20 bits per heavy atom. The highest BCUT2D eigenvalue weighted by atomic mass is 16.6. The number of cyclic esters (lactones) is 1. The first-order chi connectivity index (χ1) is 14.5. The zero-order chi connectivity index (χ0) is 21.1. The van der Waals surface area contributed by atoms with E-state index in [1.54, 1.807) is 31.0 Å². The van der Waals surface area contributed by atoms with Gasteiger partial charge in [-0.2, -0.15) is 5.10 Å². The van der Waals surface area contributed by atoms with Crippen molar-refractivity contribution >= 4 is 11.9 Å². The molecule has 1 aromatic heterocycles. The minimum atomic E-state index is -0.900. The Morgan fingerprint density at radius 2 is 2.00 bits per heavy atom. The molecule has 4 rings (SSSR count). The molecule has 7 heteroatoms. The Balaban J connectivity index is 1.67. The Labute approximate surface area is 174 Å². The van der Waals surface area contributed by atoms with Crippen LogP contribution < -0.4 is 4.74 Å². The second kappa shape index (κ2) is 8.41. The zero-order valence-electron chi connectivity index (χ0n) is 16.8. The average Bonchev–Trinajstić information content (AvgIpc) is 3.31. The SMILES string of the molecule is COc1cccc(-c2nn(Cc3ccccc3)cc2C(=O)O[C@@H]2C[C@H](C)OC2=O)c1. The van der Waals surface area contributed by atoms with E-state index >= 15 is 0 Å². The van der Waals surface area contributed by atoms with Gasteiger partial charge in [0.2, 0.25) is 6.10 Å². The number of rotatable bonds is 6. The van der Waals surface area contributed by atoms with Crippen molar-refractivity contribution in [3.8, 4) is 17.0 Å². The lowest BCUT2D eigenvalue weighted by Gasteiger charge is -2.08. The first-order valence-electron chi connectivity index (χ1n) is 9.71. The lowest BCUT2D eigenvalue weighted by Crippen LogP contribution is -2.22. The third kappa shape index (κ3) is 4.20. The van der Waals surface area contributed by atoms with Gasteiger partial charge in [-0.1, -0.05) is 42.5 Å². The number of aromatic nitrogens is 2. The molecule has 2 heterocycles. The van der Waals surface area contributed by atoms with Crippen molar-refractivity contribution in [2.45, 2.75) is 32.1 Å². The van der Waals surface area contributed by atoms with Gasteiger partial charge >= 0.3 is 11.9 Å². The van der Waals surface area contributed by atoms with Crippen LogP contribution in [-0.4, -0.2) is 41.0 Å². The van der Waals surface area contributed by atoms with Crippen molar-refractivity contribution in [2.24, 2.45) is 0 Å². The van der Waals surface area contributed by atoms with Crippen molar-refractivity contribution in [2.75, 3.05) is 7.11 Å². The fraction of sp³-hybridized carbons (Fsp3) is 0.261. The summed E-state index contributed by atoms with van der Waals surface area (Å²) in [6.07, 6.45) is 0.822. The van der Waals surface area contributed by atoms with Gasteiger partial charge in [-0.15, -0.1) is 0 Å². The smallest absolute Gasteiger partial charge is 0.347 e. The fourth-order valence-electron chi connectivity index (χ4n) is 3.41. The predicted molar refractivity (Wildman–Crippen MR) is 109 cm³/mol. The monoisotopic (exact) mass is 406 g/mol. The van der Waals surface area contributed by atoms with Crippen molar-refractivity contribution in [1.29, 1.82) is 0 Å². The van der Waals surface area contributed by atoms with Crippen LogP contribution in [0.25, 0.3) is 11.3 Å². The third-order valence-electron chi connectivity index (χ3n) is 4.89. The number of carbonyl (C=O) groups is 2. The Hall–Kier alpha value is -3.61. The van der Waals surface area contributed by atoms with Crippen molar-refractivity contribution < 1.29 is 23.8 Å². The van der Waals surface area contributed by atoms with E-state index in [0.29, 0.717) is 24.4 Å². The summed E-state index contributed by atoms with van der Waals surface area (Å²) in [6.45, 7) is 2.26. The minimum absolute atomic E-state index is 0.269. The molecule has 7 nitrogen and oxygen atoms in total. The molecule has 0 spiro atoms. The van der Waals surface area contributed by atoms with Gasteiger partial charge in [0.15, 0.2) is 0 Å². The van der Waals surface area contributed by atoms with Crippen molar-refractivity contribution in [3.05, 3.63) is 71.9 Å². The number of methoxy groups -OCH3 is 1. The van der Waals surface area contributed by atoms with E-state index in [0.717, 1.165) is 11.1 Å². The Bertz CT molecular complexity index is 1060. The number of hydrogen-bond donors (Lipinski definition) is 0. The number of ether oxygens (including phenoxy) is 3. The van der Waals surface area contributed by atoms with Gasteiger partial charge in [0.25, 0.3) is 0 Å². The Morgan fingerprint density at radius 3 is 2.70 bits per heavy atom. The highest BCUT2D eigenvalue weighted by molar-refractivity contribution is 5.97. The maximum atomic E-state index is 13.0. The zero-order valence-corrected chi connectivity index (χ0v) is 16.8. The van der Waals surface area contributed by atoms with E-state index in [1.165, 1.54) is 0 Å². The lowest BCUT2D eigenvalue weighted by molar-refractivity contribution is -0.147. The second-order valence-corrected chi connectivity index (χ2v) is 7.18. The molecule has 0 bridgehead atoms. The number of hydrogen-bond acceptors (Lipinski definition) is 6. The molecule has 0 saturated carbocycles. The van der Waals surface area contributed by atoms with Gasteiger partial charge in [-0.3, -0.25) is 4.68 Å². The first-order valence-corrected chi connectivity index (χ1v) is 9.71. The van der Waals surface area contributed by atoms with Crippen LogP contribution in [0, 0.1) is 0 Å². The molecule has 0 N–H and O–H groups in total. The van der Waals surface area contributed by atoms with Gasteiger partial charge in [-0.05, 0) is 24.6 Å². The quantitative estimate of drug-likeness (QED) is 0.583. The molecule has 30 heavy (non-hydrogen) atoms.